The fraction of sp³-hybridized carbons (Fsp3) is 0.267. The van der Waals surface area contributed by atoms with Gasteiger partial charge in [0.1, 0.15) is 6.33 Å². The number of thioether (sulfide) groups is 1. The number of rotatable bonds is 6. The molecule has 126 valence electrons. The van der Waals surface area contributed by atoms with E-state index in [0.29, 0.717) is 22.1 Å². The number of carbonyl (C=O) groups excluding carboxylic acids is 3. The van der Waals surface area contributed by atoms with Gasteiger partial charge in [0.2, 0.25) is 11.8 Å². The number of anilines is 2. The average molecular weight is 347 g/mol. The lowest BCUT2D eigenvalue weighted by atomic mass is 10.1. The van der Waals surface area contributed by atoms with E-state index in [4.69, 9.17) is 0 Å². The molecule has 24 heavy (non-hydrogen) atoms. The lowest BCUT2D eigenvalue weighted by molar-refractivity contribution is -0.115. The second-order valence-electron chi connectivity index (χ2n) is 5.06. The van der Waals surface area contributed by atoms with Gasteiger partial charge in [-0.05, 0) is 18.2 Å². The summed E-state index contributed by atoms with van der Waals surface area (Å²) in [6, 6.07) is 4.76. The predicted octanol–water partition coefficient (Wildman–Crippen LogP) is 1.71. The number of ketones is 1. The fourth-order valence-electron chi connectivity index (χ4n) is 1.97. The summed E-state index contributed by atoms with van der Waals surface area (Å²) >= 11 is 1.26. The summed E-state index contributed by atoms with van der Waals surface area (Å²) < 4.78 is 1.71. The molecule has 0 unspecified atom stereocenters. The number of nitrogens with zero attached hydrogens (tertiary/aromatic N) is 3. The van der Waals surface area contributed by atoms with Crippen molar-refractivity contribution in [2.75, 3.05) is 16.4 Å². The van der Waals surface area contributed by atoms with Gasteiger partial charge < -0.3 is 15.2 Å². The molecule has 0 atom stereocenters. The maximum absolute atomic E-state index is 12.5. The molecule has 0 saturated carbocycles. The number of carbonyl (C=O) groups is 3. The first-order chi connectivity index (χ1) is 11.4. The van der Waals surface area contributed by atoms with E-state index in [-0.39, 0.29) is 23.4 Å². The molecule has 2 N–H and O–H groups in total. The van der Waals surface area contributed by atoms with Gasteiger partial charge in [0.05, 0.1) is 11.4 Å². The SMILES string of the molecule is CC(=O)Nc1ccc(C(=O)CSc2nncn2C)c(NC(C)=O)c1. The van der Waals surface area contributed by atoms with Crippen LogP contribution in [0, 0.1) is 0 Å². The zero-order chi connectivity index (χ0) is 17.7. The molecule has 1 heterocycles. The Morgan fingerprint density at radius 3 is 2.46 bits per heavy atom. The zero-order valence-electron chi connectivity index (χ0n) is 13.5. The minimum atomic E-state index is -0.301. The van der Waals surface area contributed by atoms with Gasteiger partial charge in [-0.1, -0.05) is 11.8 Å². The molecular formula is C15H17N5O3S. The number of hydrogen-bond donors (Lipinski definition) is 2. The summed E-state index contributed by atoms with van der Waals surface area (Å²) in [5, 5.41) is 13.5. The summed E-state index contributed by atoms with van der Waals surface area (Å²) in [6.07, 6.45) is 1.55. The number of aromatic nitrogens is 3. The Morgan fingerprint density at radius 2 is 1.88 bits per heavy atom. The number of hydrogen-bond acceptors (Lipinski definition) is 6. The Bertz CT molecular complexity index is 787. The quantitative estimate of drug-likeness (QED) is 0.609. The highest BCUT2D eigenvalue weighted by molar-refractivity contribution is 7.99. The van der Waals surface area contributed by atoms with Crippen LogP contribution in [0.3, 0.4) is 0 Å². The van der Waals surface area contributed by atoms with Gasteiger partial charge in [-0.3, -0.25) is 14.4 Å². The first-order valence-electron chi connectivity index (χ1n) is 7.06. The van der Waals surface area contributed by atoms with Crippen LogP contribution in [-0.4, -0.2) is 38.1 Å². The maximum Gasteiger partial charge on any atom is 0.221 e. The van der Waals surface area contributed by atoms with E-state index in [1.165, 1.54) is 25.6 Å². The number of aryl methyl sites for hydroxylation is 1. The van der Waals surface area contributed by atoms with Crippen LogP contribution in [0.4, 0.5) is 11.4 Å². The Labute approximate surface area is 143 Å². The van der Waals surface area contributed by atoms with E-state index in [1.807, 2.05) is 0 Å². The summed E-state index contributed by atoms with van der Waals surface area (Å²) in [5.41, 5.74) is 1.23. The molecule has 2 amide bonds. The van der Waals surface area contributed by atoms with Gasteiger partial charge >= 0.3 is 0 Å². The van der Waals surface area contributed by atoms with E-state index >= 15 is 0 Å². The molecule has 0 spiro atoms. The standard InChI is InChI=1S/C15H17N5O3S/c1-9(21)17-11-4-5-12(13(6-11)18-10(2)22)14(23)7-24-15-19-16-8-20(15)3/h4-6,8H,7H2,1-3H3,(H,17,21)(H,18,22). The van der Waals surface area contributed by atoms with Crippen LogP contribution in [0.5, 0.6) is 0 Å². The molecule has 2 aromatic rings. The molecule has 0 aliphatic rings. The molecule has 0 aliphatic carbocycles. The van der Waals surface area contributed by atoms with Crippen molar-refractivity contribution in [1.29, 1.82) is 0 Å². The molecule has 1 aromatic carbocycles. The van der Waals surface area contributed by atoms with Crippen molar-refractivity contribution in [3.8, 4) is 0 Å². The van der Waals surface area contributed by atoms with E-state index in [1.54, 1.807) is 36.1 Å². The third-order valence-corrected chi connectivity index (χ3v) is 3.99. The van der Waals surface area contributed by atoms with Gasteiger partial charge in [-0.2, -0.15) is 0 Å². The lowest BCUT2D eigenvalue weighted by Crippen LogP contribution is -2.14. The highest BCUT2D eigenvalue weighted by Gasteiger charge is 2.15. The van der Waals surface area contributed by atoms with Crippen LogP contribution in [0.25, 0.3) is 0 Å². The van der Waals surface area contributed by atoms with Crippen molar-refractivity contribution in [2.45, 2.75) is 19.0 Å². The Morgan fingerprint density at radius 1 is 1.17 bits per heavy atom. The largest absolute Gasteiger partial charge is 0.326 e. The van der Waals surface area contributed by atoms with Gasteiger partial charge in [0, 0.05) is 32.1 Å². The molecule has 8 nitrogen and oxygen atoms in total. The Hall–Kier alpha value is -2.68. The first-order valence-corrected chi connectivity index (χ1v) is 8.04. The number of nitrogens with one attached hydrogen (secondary N) is 2. The summed E-state index contributed by atoms with van der Waals surface area (Å²) in [7, 11) is 1.79. The molecule has 9 heteroatoms. The topological polar surface area (TPSA) is 106 Å². The summed E-state index contributed by atoms with van der Waals surface area (Å²) in [4.78, 5) is 35.0. The second kappa shape index (κ2) is 7.73. The molecule has 0 radical (unpaired) electrons. The molecule has 0 fully saturated rings. The van der Waals surface area contributed by atoms with Gasteiger partial charge in [0.25, 0.3) is 0 Å². The highest BCUT2D eigenvalue weighted by Crippen LogP contribution is 2.24. The van der Waals surface area contributed by atoms with E-state index in [9.17, 15) is 14.4 Å². The van der Waals surface area contributed by atoms with Crippen molar-refractivity contribution in [3.05, 3.63) is 30.1 Å². The Balaban J connectivity index is 2.20. The van der Waals surface area contributed by atoms with Gasteiger partial charge in [0.15, 0.2) is 10.9 Å². The van der Waals surface area contributed by atoms with Crippen molar-refractivity contribution < 1.29 is 14.4 Å². The van der Waals surface area contributed by atoms with E-state index in [2.05, 4.69) is 20.8 Å². The second-order valence-corrected chi connectivity index (χ2v) is 6.00. The van der Waals surface area contributed by atoms with Gasteiger partial charge in [-0.15, -0.1) is 10.2 Å². The summed E-state index contributed by atoms with van der Waals surface area (Å²) in [5.74, 6) is -0.551. The molecular weight excluding hydrogens is 330 g/mol. The minimum Gasteiger partial charge on any atom is -0.326 e. The van der Waals surface area contributed by atoms with Crippen LogP contribution in [0.1, 0.15) is 24.2 Å². The molecule has 2 rings (SSSR count). The third kappa shape index (κ3) is 4.66. The molecule has 0 saturated heterocycles. The van der Waals surface area contributed by atoms with Crippen LogP contribution < -0.4 is 10.6 Å². The zero-order valence-corrected chi connectivity index (χ0v) is 14.3. The highest BCUT2D eigenvalue weighted by atomic mass is 32.2. The third-order valence-electron chi connectivity index (χ3n) is 2.95. The number of amides is 2. The first kappa shape index (κ1) is 17.7. The number of Topliss-reactive ketones (excluding diaryl/α,β-unsaturated/α-hetero) is 1. The molecule has 1 aromatic heterocycles. The average Bonchev–Trinajstić information content (AvgIpc) is 2.89. The van der Waals surface area contributed by atoms with Crippen molar-refractivity contribution in [1.82, 2.24) is 14.8 Å². The predicted molar refractivity (Wildman–Crippen MR) is 91.1 cm³/mol. The van der Waals surface area contributed by atoms with E-state index in [0.717, 1.165) is 0 Å². The van der Waals surface area contributed by atoms with Gasteiger partial charge in [-0.25, -0.2) is 0 Å². The smallest absolute Gasteiger partial charge is 0.221 e. The molecule has 0 aliphatic heterocycles. The van der Waals surface area contributed by atoms with Crippen LogP contribution >= 0.6 is 11.8 Å². The lowest BCUT2D eigenvalue weighted by Gasteiger charge is -2.11. The van der Waals surface area contributed by atoms with E-state index < -0.39 is 0 Å². The minimum absolute atomic E-state index is 0.151. The Kier molecular flexibility index (Phi) is 5.69. The maximum atomic E-state index is 12.5. The van der Waals surface area contributed by atoms with Crippen molar-refractivity contribution >= 4 is 40.7 Å². The summed E-state index contributed by atoms with van der Waals surface area (Å²) in [6.45, 7) is 2.74. The normalized spacial score (nSPS) is 10.3. The van der Waals surface area contributed by atoms with Crippen molar-refractivity contribution in [3.63, 3.8) is 0 Å². The fourth-order valence-corrected chi connectivity index (χ4v) is 2.74. The van der Waals surface area contributed by atoms with Crippen LogP contribution in [-0.2, 0) is 16.6 Å². The van der Waals surface area contributed by atoms with Crippen LogP contribution in [0.15, 0.2) is 29.7 Å². The van der Waals surface area contributed by atoms with Crippen LogP contribution in [0.2, 0.25) is 0 Å². The molecule has 0 bridgehead atoms. The monoisotopic (exact) mass is 347 g/mol. The number of benzene rings is 1. The van der Waals surface area contributed by atoms with Crippen molar-refractivity contribution in [2.24, 2.45) is 7.05 Å².